The molecule has 0 saturated carbocycles. The summed E-state index contributed by atoms with van der Waals surface area (Å²) in [6.07, 6.45) is 1.23. The SMILES string of the molecule is CCC(C)CSC(c1ccccc1Br)C(C)N. The standard InChI is InChI=1S/C14H22BrNS/c1-4-10(2)9-17-14(11(3)16)12-7-5-6-8-13(12)15/h5-8,10-11,14H,4,9,16H2,1-3H3. The Morgan fingerprint density at radius 3 is 2.47 bits per heavy atom. The van der Waals surface area contributed by atoms with E-state index in [9.17, 15) is 0 Å². The van der Waals surface area contributed by atoms with Crippen LogP contribution >= 0.6 is 27.7 Å². The molecule has 1 aromatic rings. The minimum absolute atomic E-state index is 0.169. The normalized spacial score (nSPS) is 16.5. The molecule has 0 heterocycles. The molecule has 3 atom stereocenters. The molecule has 0 radical (unpaired) electrons. The number of hydrogen-bond donors (Lipinski definition) is 1. The summed E-state index contributed by atoms with van der Waals surface area (Å²) in [7, 11) is 0. The van der Waals surface area contributed by atoms with E-state index >= 15 is 0 Å². The number of nitrogens with two attached hydrogens (primary N) is 1. The Hall–Kier alpha value is 0.01000. The molecule has 0 saturated heterocycles. The van der Waals surface area contributed by atoms with Crippen LogP contribution in [-0.2, 0) is 0 Å². The molecule has 17 heavy (non-hydrogen) atoms. The van der Waals surface area contributed by atoms with Crippen molar-refractivity contribution in [2.24, 2.45) is 11.7 Å². The van der Waals surface area contributed by atoms with Crippen molar-refractivity contribution in [3.8, 4) is 0 Å². The highest BCUT2D eigenvalue weighted by Gasteiger charge is 2.19. The van der Waals surface area contributed by atoms with E-state index in [1.54, 1.807) is 0 Å². The van der Waals surface area contributed by atoms with Crippen molar-refractivity contribution in [1.29, 1.82) is 0 Å². The fraction of sp³-hybridized carbons (Fsp3) is 0.571. The van der Waals surface area contributed by atoms with Crippen LogP contribution in [0.3, 0.4) is 0 Å². The third-order valence-electron chi connectivity index (χ3n) is 2.95. The van der Waals surface area contributed by atoms with Crippen molar-refractivity contribution in [3.05, 3.63) is 34.3 Å². The quantitative estimate of drug-likeness (QED) is 0.829. The van der Waals surface area contributed by atoms with E-state index in [-0.39, 0.29) is 6.04 Å². The minimum atomic E-state index is 0.169. The van der Waals surface area contributed by atoms with E-state index < -0.39 is 0 Å². The summed E-state index contributed by atoms with van der Waals surface area (Å²) < 4.78 is 1.17. The number of thioether (sulfide) groups is 1. The molecule has 0 aromatic heterocycles. The Balaban J connectivity index is 2.76. The third-order valence-corrected chi connectivity index (χ3v) is 5.47. The van der Waals surface area contributed by atoms with Gasteiger partial charge < -0.3 is 5.73 Å². The van der Waals surface area contributed by atoms with Crippen LogP contribution in [0.15, 0.2) is 28.7 Å². The smallest absolute Gasteiger partial charge is 0.0456 e. The Morgan fingerprint density at radius 2 is 1.94 bits per heavy atom. The summed E-state index contributed by atoms with van der Waals surface area (Å²) in [5, 5.41) is 0.375. The predicted molar refractivity (Wildman–Crippen MR) is 82.4 cm³/mol. The van der Waals surface area contributed by atoms with Crippen LogP contribution in [0.5, 0.6) is 0 Å². The van der Waals surface area contributed by atoms with Gasteiger partial charge in [0.1, 0.15) is 0 Å². The lowest BCUT2D eigenvalue weighted by molar-refractivity contribution is 0.631. The molecule has 0 amide bonds. The van der Waals surface area contributed by atoms with E-state index in [2.05, 4.69) is 54.9 Å². The van der Waals surface area contributed by atoms with Gasteiger partial charge in [-0.25, -0.2) is 0 Å². The topological polar surface area (TPSA) is 26.0 Å². The summed E-state index contributed by atoms with van der Waals surface area (Å²) in [4.78, 5) is 0. The number of benzene rings is 1. The van der Waals surface area contributed by atoms with Gasteiger partial charge in [0.05, 0.1) is 0 Å². The first kappa shape index (κ1) is 15.1. The van der Waals surface area contributed by atoms with Crippen LogP contribution in [0, 0.1) is 5.92 Å². The fourth-order valence-corrected chi connectivity index (χ4v) is 3.76. The molecule has 0 bridgehead atoms. The lowest BCUT2D eigenvalue weighted by atomic mass is 10.1. The fourth-order valence-electron chi connectivity index (χ4n) is 1.62. The molecule has 1 rings (SSSR count). The third kappa shape index (κ3) is 4.65. The van der Waals surface area contributed by atoms with Crippen molar-refractivity contribution in [1.82, 2.24) is 0 Å². The highest BCUT2D eigenvalue weighted by atomic mass is 79.9. The summed E-state index contributed by atoms with van der Waals surface area (Å²) in [6, 6.07) is 8.56. The second kappa shape index (κ2) is 7.45. The van der Waals surface area contributed by atoms with Crippen LogP contribution in [-0.4, -0.2) is 11.8 Å². The van der Waals surface area contributed by atoms with Gasteiger partial charge in [-0.3, -0.25) is 0 Å². The monoisotopic (exact) mass is 315 g/mol. The van der Waals surface area contributed by atoms with E-state index in [0.717, 1.165) is 5.92 Å². The van der Waals surface area contributed by atoms with Gasteiger partial charge in [-0.2, -0.15) is 11.8 Å². The molecule has 0 aliphatic carbocycles. The molecule has 0 fully saturated rings. The molecule has 0 aliphatic rings. The van der Waals surface area contributed by atoms with Crippen molar-refractivity contribution in [2.75, 3.05) is 5.75 Å². The van der Waals surface area contributed by atoms with Gasteiger partial charge in [0, 0.05) is 15.8 Å². The van der Waals surface area contributed by atoms with Crippen molar-refractivity contribution in [2.45, 2.75) is 38.5 Å². The summed E-state index contributed by atoms with van der Waals surface area (Å²) >= 11 is 5.59. The molecule has 2 N–H and O–H groups in total. The average molecular weight is 316 g/mol. The minimum Gasteiger partial charge on any atom is -0.327 e. The van der Waals surface area contributed by atoms with Crippen LogP contribution in [0.25, 0.3) is 0 Å². The zero-order valence-electron chi connectivity index (χ0n) is 10.8. The Bertz CT molecular complexity index is 341. The van der Waals surface area contributed by atoms with Crippen molar-refractivity contribution in [3.63, 3.8) is 0 Å². The summed E-state index contributed by atoms with van der Waals surface area (Å²) in [6.45, 7) is 6.63. The zero-order chi connectivity index (χ0) is 12.8. The highest BCUT2D eigenvalue weighted by molar-refractivity contribution is 9.10. The maximum absolute atomic E-state index is 6.12. The van der Waals surface area contributed by atoms with E-state index in [4.69, 9.17) is 5.73 Å². The molecule has 96 valence electrons. The van der Waals surface area contributed by atoms with Gasteiger partial charge in [0.25, 0.3) is 0 Å². The number of hydrogen-bond acceptors (Lipinski definition) is 2. The predicted octanol–water partition coefficient (Wildman–Crippen LogP) is 4.62. The van der Waals surface area contributed by atoms with Crippen LogP contribution in [0.2, 0.25) is 0 Å². The largest absolute Gasteiger partial charge is 0.327 e. The van der Waals surface area contributed by atoms with E-state index in [0.29, 0.717) is 5.25 Å². The molecule has 1 aromatic carbocycles. The second-order valence-electron chi connectivity index (χ2n) is 4.65. The lowest BCUT2D eigenvalue weighted by Crippen LogP contribution is -2.23. The van der Waals surface area contributed by atoms with Crippen LogP contribution in [0.4, 0.5) is 0 Å². The van der Waals surface area contributed by atoms with Gasteiger partial charge in [0.2, 0.25) is 0 Å². The van der Waals surface area contributed by atoms with Gasteiger partial charge >= 0.3 is 0 Å². The zero-order valence-corrected chi connectivity index (χ0v) is 13.2. The lowest BCUT2D eigenvalue weighted by Gasteiger charge is -2.23. The van der Waals surface area contributed by atoms with E-state index in [1.165, 1.54) is 22.2 Å². The second-order valence-corrected chi connectivity index (χ2v) is 6.68. The van der Waals surface area contributed by atoms with Crippen molar-refractivity contribution < 1.29 is 0 Å². The number of halogens is 1. The first-order valence-electron chi connectivity index (χ1n) is 6.17. The van der Waals surface area contributed by atoms with Gasteiger partial charge in [0.15, 0.2) is 0 Å². The average Bonchev–Trinajstić information content (AvgIpc) is 2.30. The maximum atomic E-state index is 6.12. The van der Waals surface area contributed by atoms with Gasteiger partial charge in [-0.1, -0.05) is 54.4 Å². The van der Waals surface area contributed by atoms with Crippen molar-refractivity contribution >= 4 is 27.7 Å². The Kier molecular flexibility index (Phi) is 6.60. The maximum Gasteiger partial charge on any atom is 0.0456 e. The molecule has 3 heteroatoms. The Morgan fingerprint density at radius 1 is 1.29 bits per heavy atom. The van der Waals surface area contributed by atoms with Gasteiger partial charge in [-0.05, 0) is 30.2 Å². The van der Waals surface area contributed by atoms with Crippen LogP contribution in [0.1, 0.15) is 38.0 Å². The van der Waals surface area contributed by atoms with Gasteiger partial charge in [-0.15, -0.1) is 0 Å². The Labute approximate surface area is 118 Å². The first-order valence-corrected chi connectivity index (χ1v) is 8.02. The molecular formula is C14H22BrNS. The molecular weight excluding hydrogens is 294 g/mol. The van der Waals surface area contributed by atoms with E-state index in [1.807, 2.05) is 17.8 Å². The summed E-state index contributed by atoms with van der Waals surface area (Å²) in [5.74, 6) is 1.92. The van der Waals surface area contributed by atoms with Crippen LogP contribution < -0.4 is 5.73 Å². The summed E-state index contributed by atoms with van der Waals surface area (Å²) in [5.41, 5.74) is 7.44. The molecule has 3 unspecified atom stereocenters. The molecule has 1 nitrogen and oxygen atoms in total. The molecule has 0 spiro atoms. The molecule has 0 aliphatic heterocycles. The number of rotatable bonds is 6. The highest BCUT2D eigenvalue weighted by Crippen LogP contribution is 2.36. The first-order chi connectivity index (χ1) is 8.06.